The Morgan fingerprint density at radius 3 is 2.11 bits per heavy atom. The zero-order chi connectivity index (χ0) is 13.8. The maximum absolute atomic E-state index is 11.0. The van der Waals surface area contributed by atoms with Gasteiger partial charge in [-0.1, -0.05) is 0 Å². The molecule has 9 heteroatoms. The van der Waals surface area contributed by atoms with Crippen LogP contribution in [0, 0.1) is 0 Å². The Bertz CT molecular complexity index is 282. The van der Waals surface area contributed by atoms with Crippen LogP contribution in [0.1, 0.15) is 6.92 Å². The number of hydrogen-bond acceptors (Lipinski definition) is 7. The van der Waals surface area contributed by atoms with E-state index in [1.165, 1.54) is 14.0 Å². The molecule has 0 rings (SSSR count). The first-order valence-corrected chi connectivity index (χ1v) is 4.99. The molecule has 0 aromatic carbocycles. The molecule has 0 heterocycles. The molecule has 0 unspecified atom stereocenters. The molecular weight excluding hydrogens is 248 g/mol. The van der Waals surface area contributed by atoms with Gasteiger partial charge in [-0.05, 0) is 0 Å². The second-order valence-corrected chi connectivity index (χ2v) is 2.84. The van der Waals surface area contributed by atoms with Gasteiger partial charge in [0.2, 0.25) is 6.79 Å². The molecule has 0 atom stereocenters. The quantitative estimate of drug-likeness (QED) is 0.364. The molecule has 18 heavy (non-hydrogen) atoms. The van der Waals surface area contributed by atoms with Crippen LogP contribution in [0.5, 0.6) is 0 Å². The summed E-state index contributed by atoms with van der Waals surface area (Å²) in [7, 11) is 1.47. The van der Waals surface area contributed by atoms with E-state index in [2.05, 4.69) is 29.6 Å². The van der Waals surface area contributed by atoms with Gasteiger partial charge in [-0.25, -0.2) is 9.59 Å². The van der Waals surface area contributed by atoms with Gasteiger partial charge in [0, 0.05) is 14.0 Å². The van der Waals surface area contributed by atoms with Crippen LogP contribution in [0.25, 0.3) is 0 Å². The Kier molecular flexibility index (Phi) is 9.00. The zero-order valence-electron chi connectivity index (χ0n) is 10.2. The van der Waals surface area contributed by atoms with E-state index in [0.717, 1.165) is 0 Å². The smallest absolute Gasteiger partial charge is 0.411 e. The highest BCUT2D eigenvalue weighted by Gasteiger charge is 2.04. The molecule has 2 amide bonds. The molecule has 104 valence electrons. The number of carbonyl (C=O) groups excluding carboxylic acids is 3. The van der Waals surface area contributed by atoms with Crippen molar-refractivity contribution in [3.05, 3.63) is 0 Å². The second kappa shape index (κ2) is 10.1. The monoisotopic (exact) mass is 264 g/mol. The van der Waals surface area contributed by atoms with E-state index in [1.807, 2.05) is 0 Å². The van der Waals surface area contributed by atoms with Crippen LogP contribution in [0.3, 0.4) is 0 Å². The number of nitrogens with one attached hydrogen (secondary N) is 2. The van der Waals surface area contributed by atoms with Crippen molar-refractivity contribution in [2.75, 3.05) is 33.8 Å². The summed E-state index contributed by atoms with van der Waals surface area (Å²) >= 11 is 0. The van der Waals surface area contributed by atoms with Gasteiger partial charge >= 0.3 is 18.2 Å². The molecule has 9 nitrogen and oxygen atoms in total. The molecule has 0 spiro atoms. The van der Waals surface area contributed by atoms with Crippen molar-refractivity contribution in [3.8, 4) is 0 Å². The van der Waals surface area contributed by atoms with Crippen LogP contribution in [-0.2, 0) is 23.7 Å². The van der Waals surface area contributed by atoms with Crippen molar-refractivity contribution in [1.82, 2.24) is 10.6 Å². The normalized spacial score (nSPS) is 9.22. The van der Waals surface area contributed by atoms with Gasteiger partial charge in [-0.3, -0.25) is 4.79 Å². The molecule has 0 aromatic rings. The van der Waals surface area contributed by atoms with Crippen molar-refractivity contribution in [2.45, 2.75) is 6.92 Å². The largest absolute Gasteiger partial charge is 0.447 e. The minimum Gasteiger partial charge on any atom is -0.447 e. The summed E-state index contributed by atoms with van der Waals surface area (Å²) < 4.78 is 18.1. The van der Waals surface area contributed by atoms with Crippen molar-refractivity contribution in [2.24, 2.45) is 0 Å². The summed E-state index contributed by atoms with van der Waals surface area (Å²) in [6, 6.07) is 0. The molecular formula is C9H16N2O7. The van der Waals surface area contributed by atoms with Crippen molar-refractivity contribution < 1.29 is 33.3 Å². The molecule has 0 saturated carbocycles. The van der Waals surface area contributed by atoms with Gasteiger partial charge in [0.1, 0.15) is 6.61 Å². The average Bonchev–Trinajstić information content (AvgIpc) is 2.29. The number of ether oxygens (including phenoxy) is 4. The van der Waals surface area contributed by atoms with Crippen LogP contribution >= 0.6 is 0 Å². The highest BCUT2D eigenvalue weighted by molar-refractivity contribution is 5.70. The molecule has 0 aliphatic carbocycles. The van der Waals surface area contributed by atoms with Crippen LogP contribution in [0.4, 0.5) is 9.59 Å². The van der Waals surface area contributed by atoms with Crippen molar-refractivity contribution >= 4 is 18.2 Å². The summed E-state index contributed by atoms with van der Waals surface area (Å²) in [6.45, 7) is 0.910. The summed E-state index contributed by atoms with van der Waals surface area (Å²) in [5.74, 6) is -0.567. The highest BCUT2D eigenvalue weighted by Crippen LogP contribution is 1.81. The number of amides is 2. The highest BCUT2D eigenvalue weighted by atomic mass is 16.7. The third kappa shape index (κ3) is 10.5. The first-order valence-electron chi connectivity index (χ1n) is 4.99. The van der Waals surface area contributed by atoms with E-state index in [1.54, 1.807) is 0 Å². The predicted molar refractivity (Wildman–Crippen MR) is 57.5 cm³/mol. The first kappa shape index (κ1) is 16.0. The number of esters is 1. The van der Waals surface area contributed by atoms with E-state index < -0.39 is 24.9 Å². The van der Waals surface area contributed by atoms with Crippen molar-refractivity contribution in [3.63, 3.8) is 0 Å². The van der Waals surface area contributed by atoms with Gasteiger partial charge in [-0.2, -0.15) is 0 Å². The van der Waals surface area contributed by atoms with Crippen LogP contribution in [-0.4, -0.2) is 51.9 Å². The third-order valence-electron chi connectivity index (χ3n) is 1.44. The summed E-state index contributed by atoms with van der Waals surface area (Å²) in [5.41, 5.74) is 0. The summed E-state index contributed by atoms with van der Waals surface area (Å²) in [5, 5.41) is 4.42. The molecule has 0 aliphatic rings. The Morgan fingerprint density at radius 2 is 1.56 bits per heavy atom. The maximum atomic E-state index is 11.0. The molecule has 0 aliphatic heterocycles. The fourth-order valence-corrected chi connectivity index (χ4v) is 0.674. The van der Waals surface area contributed by atoms with Gasteiger partial charge in [0.15, 0.2) is 0 Å². The fraction of sp³-hybridized carbons (Fsp3) is 0.667. The summed E-state index contributed by atoms with van der Waals surface area (Å²) in [4.78, 5) is 32.2. The average molecular weight is 264 g/mol. The number of alkyl carbamates (subject to hydrolysis) is 2. The summed E-state index contributed by atoms with van der Waals surface area (Å²) in [6.07, 6.45) is -1.54. The Hall–Kier alpha value is -2.03. The van der Waals surface area contributed by atoms with Crippen LogP contribution in [0.15, 0.2) is 0 Å². The Morgan fingerprint density at radius 1 is 0.944 bits per heavy atom. The molecule has 0 radical (unpaired) electrons. The topological polar surface area (TPSA) is 112 Å². The number of carbonyl (C=O) groups is 3. The minimum atomic E-state index is -0.839. The molecule has 0 fully saturated rings. The second-order valence-electron chi connectivity index (χ2n) is 2.84. The van der Waals surface area contributed by atoms with Crippen molar-refractivity contribution in [1.29, 1.82) is 0 Å². The Labute approximate surface area is 104 Å². The first-order chi connectivity index (χ1) is 8.56. The number of rotatable bonds is 7. The van der Waals surface area contributed by atoms with E-state index in [0.29, 0.717) is 0 Å². The van der Waals surface area contributed by atoms with Gasteiger partial charge in [0.05, 0.1) is 13.3 Å². The SMILES string of the molecule is COCCOC(=O)NCNC(=O)OCOC(C)=O. The lowest BCUT2D eigenvalue weighted by Crippen LogP contribution is -2.38. The lowest BCUT2D eigenvalue weighted by molar-refractivity contribution is -0.149. The zero-order valence-corrected chi connectivity index (χ0v) is 10.2. The number of hydrogen-bond donors (Lipinski definition) is 2. The lowest BCUT2D eigenvalue weighted by atomic mass is 10.8. The van der Waals surface area contributed by atoms with Gasteiger partial charge in [-0.15, -0.1) is 0 Å². The van der Waals surface area contributed by atoms with Crippen LogP contribution < -0.4 is 10.6 Å². The van der Waals surface area contributed by atoms with Crippen LogP contribution in [0.2, 0.25) is 0 Å². The fourth-order valence-electron chi connectivity index (χ4n) is 0.674. The van der Waals surface area contributed by atoms with Gasteiger partial charge < -0.3 is 29.6 Å². The minimum absolute atomic E-state index is 0.110. The third-order valence-corrected chi connectivity index (χ3v) is 1.44. The predicted octanol–water partition coefficient (Wildman–Crippen LogP) is -0.437. The van der Waals surface area contributed by atoms with E-state index >= 15 is 0 Å². The lowest BCUT2D eigenvalue weighted by Gasteiger charge is -2.08. The molecule has 0 aromatic heterocycles. The standard InChI is InChI=1S/C9H16N2O7/c1-7(12)17-6-18-9(14)11-5-10-8(13)16-4-3-15-2/h3-6H2,1-2H3,(H,10,13)(H,11,14). The van der Waals surface area contributed by atoms with E-state index in [9.17, 15) is 14.4 Å². The maximum Gasteiger partial charge on any atom is 0.411 e. The van der Waals surface area contributed by atoms with E-state index in [-0.39, 0.29) is 19.9 Å². The molecule has 0 saturated heterocycles. The molecule has 0 bridgehead atoms. The molecule has 2 N–H and O–H groups in total. The Balaban J connectivity index is 3.44. The van der Waals surface area contributed by atoms with E-state index in [4.69, 9.17) is 0 Å². The number of methoxy groups -OCH3 is 1. The van der Waals surface area contributed by atoms with Gasteiger partial charge in [0.25, 0.3) is 0 Å².